The molecule has 0 spiro atoms. The minimum absolute atomic E-state index is 0.0262. The maximum Gasteiger partial charge on any atom is 0.336 e. The Labute approximate surface area is 197 Å². The molecule has 3 aromatic carbocycles. The zero-order chi connectivity index (χ0) is 24.2. The molecule has 0 aliphatic heterocycles. The van der Waals surface area contributed by atoms with Crippen LogP contribution >= 0.6 is 0 Å². The molecule has 0 aliphatic carbocycles. The third-order valence-electron chi connectivity index (χ3n) is 5.58. The third kappa shape index (κ3) is 4.61. The van der Waals surface area contributed by atoms with E-state index in [-0.39, 0.29) is 22.4 Å². The van der Waals surface area contributed by atoms with Gasteiger partial charge in [-0.05, 0) is 43.3 Å². The Morgan fingerprint density at radius 3 is 2.03 bits per heavy atom. The number of aromatic carboxylic acids is 1. The molecule has 0 bridgehead atoms. The van der Waals surface area contributed by atoms with Crippen LogP contribution in [0.4, 0.5) is 11.4 Å². The highest BCUT2D eigenvalue weighted by atomic mass is 16.4. The molecule has 0 atom stereocenters. The summed E-state index contributed by atoms with van der Waals surface area (Å²) in [7, 11) is 1.91. The summed E-state index contributed by atoms with van der Waals surface area (Å²) in [5.74, 6) is -2.12. The van der Waals surface area contributed by atoms with Crippen LogP contribution in [0.2, 0.25) is 0 Å². The van der Waals surface area contributed by atoms with Crippen molar-refractivity contribution in [1.29, 1.82) is 0 Å². The Bertz CT molecular complexity index is 1360. The van der Waals surface area contributed by atoms with Crippen molar-refractivity contribution in [3.05, 3.63) is 125 Å². The number of hydrogen-bond donors (Lipinski definition) is 1. The molecule has 6 nitrogen and oxygen atoms in total. The van der Waals surface area contributed by atoms with Gasteiger partial charge in [-0.1, -0.05) is 54.1 Å². The number of aromatic nitrogens is 1. The molecule has 1 aromatic heterocycles. The number of anilines is 2. The SMILES string of the molecule is Cc1ccc(N(C)c2ccc(C(=O)c3ccc(C(=O)c4ccccc4)c(C(=O)O)c3)nc2)cc1. The van der Waals surface area contributed by atoms with Crippen LogP contribution < -0.4 is 4.90 Å². The number of benzene rings is 3. The smallest absolute Gasteiger partial charge is 0.336 e. The van der Waals surface area contributed by atoms with E-state index in [1.807, 2.05) is 43.1 Å². The standard InChI is InChI=1S/C28H22N2O4/c1-18-8-11-21(12-9-18)30(2)22-13-15-25(29-17-22)27(32)20-10-14-23(24(16-20)28(33)34)26(31)19-6-4-3-5-7-19/h3-17H,1-2H3,(H,33,34). The highest BCUT2D eigenvalue weighted by Crippen LogP contribution is 2.24. The van der Waals surface area contributed by atoms with Gasteiger partial charge in [0.15, 0.2) is 5.78 Å². The summed E-state index contributed by atoms with van der Waals surface area (Å²) in [5, 5.41) is 9.68. The van der Waals surface area contributed by atoms with Gasteiger partial charge in [-0.25, -0.2) is 4.79 Å². The first-order valence-electron chi connectivity index (χ1n) is 10.6. The predicted molar refractivity (Wildman–Crippen MR) is 130 cm³/mol. The van der Waals surface area contributed by atoms with Gasteiger partial charge in [-0.2, -0.15) is 0 Å². The van der Waals surface area contributed by atoms with Crippen LogP contribution in [0, 0.1) is 6.92 Å². The van der Waals surface area contributed by atoms with Gasteiger partial charge >= 0.3 is 5.97 Å². The molecule has 0 fully saturated rings. The molecule has 1 N–H and O–H groups in total. The van der Waals surface area contributed by atoms with Gasteiger partial charge in [0.2, 0.25) is 5.78 Å². The first-order chi connectivity index (χ1) is 16.3. The minimum atomic E-state index is -1.28. The number of ketones is 2. The Morgan fingerprint density at radius 2 is 1.41 bits per heavy atom. The monoisotopic (exact) mass is 450 g/mol. The molecular weight excluding hydrogens is 428 g/mol. The molecule has 4 aromatic rings. The lowest BCUT2D eigenvalue weighted by Gasteiger charge is -2.19. The summed E-state index contributed by atoms with van der Waals surface area (Å²) in [6.07, 6.45) is 1.60. The number of carboxylic acids is 1. The maximum absolute atomic E-state index is 13.0. The van der Waals surface area contributed by atoms with Crippen molar-refractivity contribution in [2.24, 2.45) is 0 Å². The molecule has 0 radical (unpaired) electrons. The molecule has 6 heteroatoms. The summed E-state index contributed by atoms with van der Waals surface area (Å²) in [5.41, 5.74) is 3.45. The summed E-state index contributed by atoms with van der Waals surface area (Å²) in [6, 6.07) is 23.9. The van der Waals surface area contributed by atoms with Crippen LogP contribution in [0.5, 0.6) is 0 Å². The lowest BCUT2D eigenvalue weighted by atomic mass is 9.95. The number of carbonyl (C=O) groups is 3. The fraction of sp³-hybridized carbons (Fsp3) is 0.0714. The van der Waals surface area contributed by atoms with E-state index in [1.54, 1.807) is 48.7 Å². The van der Waals surface area contributed by atoms with E-state index < -0.39 is 17.5 Å². The summed E-state index contributed by atoms with van der Waals surface area (Å²) in [6.45, 7) is 2.02. The van der Waals surface area contributed by atoms with Crippen molar-refractivity contribution < 1.29 is 19.5 Å². The predicted octanol–water partition coefficient (Wildman–Crippen LogP) is 5.32. The molecule has 1 heterocycles. The number of pyridine rings is 1. The van der Waals surface area contributed by atoms with Gasteiger partial charge in [0.05, 0.1) is 17.4 Å². The normalized spacial score (nSPS) is 10.5. The van der Waals surface area contributed by atoms with Crippen LogP contribution in [0.3, 0.4) is 0 Å². The average molecular weight is 450 g/mol. The number of carbonyl (C=O) groups excluding carboxylic acids is 2. The molecule has 0 amide bonds. The average Bonchev–Trinajstić information content (AvgIpc) is 2.88. The van der Waals surface area contributed by atoms with E-state index in [2.05, 4.69) is 4.98 Å². The van der Waals surface area contributed by atoms with Crippen LogP contribution in [0.1, 0.15) is 47.9 Å². The number of rotatable bonds is 7. The maximum atomic E-state index is 13.0. The largest absolute Gasteiger partial charge is 0.478 e. The van der Waals surface area contributed by atoms with Crippen LogP contribution in [-0.4, -0.2) is 34.7 Å². The Morgan fingerprint density at radius 1 is 0.735 bits per heavy atom. The number of hydrogen-bond acceptors (Lipinski definition) is 5. The highest BCUT2D eigenvalue weighted by molar-refractivity contribution is 6.16. The van der Waals surface area contributed by atoms with Crippen molar-refractivity contribution in [2.75, 3.05) is 11.9 Å². The van der Waals surface area contributed by atoms with Crippen molar-refractivity contribution in [2.45, 2.75) is 6.92 Å². The first kappa shape index (κ1) is 22.6. The van der Waals surface area contributed by atoms with Crippen molar-refractivity contribution in [1.82, 2.24) is 4.98 Å². The van der Waals surface area contributed by atoms with Gasteiger partial charge in [0.1, 0.15) is 5.69 Å². The summed E-state index contributed by atoms with van der Waals surface area (Å²) >= 11 is 0. The second-order valence-electron chi connectivity index (χ2n) is 7.89. The fourth-order valence-electron chi connectivity index (χ4n) is 3.59. The van der Waals surface area contributed by atoms with Crippen molar-refractivity contribution >= 4 is 28.9 Å². The van der Waals surface area contributed by atoms with Gasteiger partial charge < -0.3 is 10.0 Å². The molecular formula is C28H22N2O4. The molecule has 0 unspecified atom stereocenters. The summed E-state index contributed by atoms with van der Waals surface area (Å²) in [4.78, 5) is 43.9. The van der Waals surface area contributed by atoms with Gasteiger partial charge in [-0.3, -0.25) is 14.6 Å². The Kier molecular flexibility index (Phi) is 6.32. The Balaban J connectivity index is 1.60. The molecule has 4 rings (SSSR count). The number of carboxylic acid groups (broad SMARTS) is 1. The second kappa shape index (κ2) is 9.50. The first-order valence-corrected chi connectivity index (χ1v) is 10.6. The molecule has 0 aliphatic rings. The van der Waals surface area contributed by atoms with E-state index in [4.69, 9.17) is 0 Å². The molecule has 0 saturated heterocycles. The lowest BCUT2D eigenvalue weighted by Crippen LogP contribution is -2.13. The lowest BCUT2D eigenvalue weighted by molar-refractivity contribution is 0.0692. The number of nitrogens with zero attached hydrogens (tertiary/aromatic N) is 2. The van der Waals surface area contributed by atoms with Gasteiger partial charge in [0.25, 0.3) is 0 Å². The molecule has 168 valence electrons. The van der Waals surface area contributed by atoms with E-state index in [1.165, 1.54) is 18.2 Å². The molecule has 34 heavy (non-hydrogen) atoms. The topological polar surface area (TPSA) is 87.6 Å². The second-order valence-corrected chi connectivity index (χ2v) is 7.89. The number of aryl methyl sites for hydroxylation is 1. The van der Waals surface area contributed by atoms with E-state index in [0.29, 0.717) is 5.56 Å². The van der Waals surface area contributed by atoms with Crippen molar-refractivity contribution in [3.63, 3.8) is 0 Å². The van der Waals surface area contributed by atoms with Crippen molar-refractivity contribution in [3.8, 4) is 0 Å². The minimum Gasteiger partial charge on any atom is -0.478 e. The zero-order valence-corrected chi connectivity index (χ0v) is 18.7. The van der Waals surface area contributed by atoms with Gasteiger partial charge in [0, 0.05) is 29.4 Å². The molecule has 0 saturated carbocycles. The van der Waals surface area contributed by atoms with Crippen LogP contribution in [0.25, 0.3) is 0 Å². The highest BCUT2D eigenvalue weighted by Gasteiger charge is 2.21. The van der Waals surface area contributed by atoms with Gasteiger partial charge in [-0.15, -0.1) is 0 Å². The van der Waals surface area contributed by atoms with Crippen LogP contribution in [-0.2, 0) is 0 Å². The zero-order valence-electron chi connectivity index (χ0n) is 18.7. The van der Waals surface area contributed by atoms with E-state index >= 15 is 0 Å². The summed E-state index contributed by atoms with van der Waals surface area (Å²) < 4.78 is 0. The Hall–Kier alpha value is -4.58. The van der Waals surface area contributed by atoms with Crippen LogP contribution in [0.15, 0.2) is 91.1 Å². The quantitative estimate of drug-likeness (QED) is 0.384. The van der Waals surface area contributed by atoms with E-state index in [0.717, 1.165) is 16.9 Å². The fourth-order valence-corrected chi connectivity index (χ4v) is 3.59. The van der Waals surface area contributed by atoms with E-state index in [9.17, 15) is 19.5 Å². The third-order valence-corrected chi connectivity index (χ3v) is 5.58.